The number of carbonyl (C=O) groups is 1. The van der Waals surface area contributed by atoms with Crippen LogP contribution in [0.25, 0.3) is 10.9 Å². The van der Waals surface area contributed by atoms with Crippen molar-refractivity contribution in [1.29, 1.82) is 0 Å². The summed E-state index contributed by atoms with van der Waals surface area (Å²) in [4.78, 5) is 18.3. The molecule has 4 rings (SSSR count). The van der Waals surface area contributed by atoms with Crippen molar-refractivity contribution < 1.29 is 4.79 Å². The number of carbonyl (C=O) groups excluding carboxylic acids is 1. The zero-order valence-electron chi connectivity index (χ0n) is 14.6. The van der Waals surface area contributed by atoms with E-state index in [-0.39, 0.29) is 11.9 Å². The highest BCUT2D eigenvalue weighted by molar-refractivity contribution is 5.86. The molecule has 1 N–H and O–H groups in total. The van der Waals surface area contributed by atoms with Crippen LogP contribution in [0, 0.1) is 5.92 Å². The van der Waals surface area contributed by atoms with Gasteiger partial charge < -0.3 is 9.88 Å². The molecule has 25 heavy (non-hydrogen) atoms. The SMILES string of the molecule is CCCC1CC(=O)N(C(c2ccccc2)c2c[nH]c3ccccc23)C1. The van der Waals surface area contributed by atoms with Crippen LogP contribution in [-0.4, -0.2) is 22.3 Å². The maximum absolute atomic E-state index is 12.8. The van der Waals surface area contributed by atoms with Crippen molar-refractivity contribution in [1.82, 2.24) is 9.88 Å². The third kappa shape index (κ3) is 2.95. The average molecular weight is 332 g/mol. The molecule has 3 heteroatoms. The first kappa shape index (κ1) is 15.9. The number of benzene rings is 2. The van der Waals surface area contributed by atoms with E-state index >= 15 is 0 Å². The van der Waals surface area contributed by atoms with Gasteiger partial charge in [-0.3, -0.25) is 4.79 Å². The van der Waals surface area contributed by atoms with Crippen molar-refractivity contribution in [3.05, 3.63) is 71.9 Å². The van der Waals surface area contributed by atoms with E-state index in [1.54, 1.807) is 0 Å². The summed E-state index contributed by atoms with van der Waals surface area (Å²) in [6.07, 6.45) is 5.01. The van der Waals surface area contributed by atoms with Gasteiger partial charge in [-0.15, -0.1) is 0 Å². The molecule has 3 nitrogen and oxygen atoms in total. The van der Waals surface area contributed by atoms with E-state index in [0.717, 1.165) is 24.9 Å². The summed E-state index contributed by atoms with van der Waals surface area (Å²) in [7, 11) is 0. The maximum Gasteiger partial charge on any atom is 0.223 e. The Labute approximate surface area is 148 Å². The smallest absolute Gasteiger partial charge is 0.223 e. The van der Waals surface area contributed by atoms with Crippen LogP contribution in [0.3, 0.4) is 0 Å². The Bertz CT molecular complexity index is 868. The molecule has 0 saturated carbocycles. The number of hydrogen-bond donors (Lipinski definition) is 1. The molecule has 0 spiro atoms. The summed E-state index contributed by atoms with van der Waals surface area (Å²) >= 11 is 0. The van der Waals surface area contributed by atoms with E-state index in [0.29, 0.717) is 12.3 Å². The third-order valence-corrected chi connectivity index (χ3v) is 5.28. The minimum Gasteiger partial charge on any atom is -0.361 e. The van der Waals surface area contributed by atoms with Crippen LogP contribution in [0.2, 0.25) is 0 Å². The summed E-state index contributed by atoms with van der Waals surface area (Å²) in [6.45, 7) is 3.05. The first-order valence-corrected chi connectivity index (χ1v) is 9.18. The molecule has 2 unspecified atom stereocenters. The number of nitrogens with zero attached hydrogens (tertiary/aromatic N) is 1. The molecule has 128 valence electrons. The monoisotopic (exact) mass is 332 g/mol. The first-order chi connectivity index (χ1) is 12.3. The van der Waals surface area contributed by atoms with Crippen LogP contribution in [0.1, 0.15) is 43.4 Å². The Hall–Kier alpha value is -2.55. The molecule has 1 aromatic heterocycles. The Morgan fingerprint density at radius 3 is 2.68 bits per heavy atom. The molecular weight excluding hydrogens is 308 g/mol. The van der Waals surface area contributed by atoms with Crippen molar-refractivity contribution in [3.8, 4) is 0 Å². The van der Waals surface area contributed by atoms with Gasteiger partial charge in [-0.25, -0.2) is 0 Å². The molecule has 2 heterocycles. The zero-order chi connectivity index (χ0) is 17.2. The topological polar surface area (TPSA) is 36.1 Å². The van der Waals surface area contributed by atoms with Gasteiger partial charge in [0.15, 0.2) is 0 Å². The number of aromatic amines is 1. The van der Waals surface area contributed by atoms with E-state index in [2.05, 4.69) is 65.5 Å². The summed E-state index contributed by atoms with van der Waals surface area (Å²) in [5, 5.41) is 1.20. The second-order valence-electron chi connectivity index (χ2n) is 7.01. The van der Waals surface area contributed by atoms with Crippen LogP contribution in [0.4, 0.5) is 0 Å². The second-order valence-corrected chi connectivity index (χ2v) is 7.01. The predicted octanol–water partition coefficient (Wildman–Crippen LogP) is 4.91. The Morgan fingerprint density at radius 1 is 1.12 bits per heavy atom. The number of rotatable bonds is 5. The average Bonchev–Trinajstić information content (AvgIpc) is 3.21. The van der Waals surface area contributed by atoms with Gasteiger partial charge in [0.2, 0.25) is 5.91 Å². The van der Waals surface area contributed by atoms with Crippen molar-refractivity contribution >= 4 is 16.8 Å². The van der Waals surface area contributed by atoms with E-state index in [1.165, 1.54) is 16.5 Å². The highest BCUT2D eigenvalue weighted by Gasteiger charge is 2.36. The van der Waals surface area contributed by atoms with Crippen molar-refractivity contribution in [2.75, 3.05) is 6.54 Å². The highest BCUT2D eigenvalue weighted by atomic mass is 16.2. The molecule has 0 bridgehead atoms. The number of para-hydroxylation sites is 1. The molecule has 1 aliphatic rings. The van der Waals surface area contributed by atoms with Gasteiger partial charge in [-0.1, -0.05) is 61.9 Å². The normalized spacial score (nSPS) is 18.8. The number of H-pyrrole nitrogens is 1. The lowest BCUT2D eigenvalue weighted by Crippen LogP contribution is -2.31. The number of fused-ring (bicyclic) bond motifs is 1. The molecule has 0 aliphatic carbocycles. The minimum absolute atomic E-state index is 0.0216. The van der Waals surface area contributed by atoms with Gasteiger partial charge in [0.05, 0.1) is 6.04 Å². The molecule has 2 aromatic carbocycles. The summed E-state index contributed by atoms with van der Waals surface area (Å²) in [5.41, 5.74) is 3.49. The van der Waals surface area contributed by atoms with Gasteiger partial charge in [-0.2, -0.15) is 0 Å². The molecule has 1 fully saturated rings. The Balaban J connectivity index is 1.79. The van der Waals surface area contributed by atoms with Crippen molar-refractivity contribution in [2.45, 2.75) is 32.2 Å². The van der Waals surface area contributed by atoms with Gasteiger partial charge in [0, 0.05) is 35.6 Å². The van der Waals surface area contributed by atoms with Gasteiger partial charge >= 0.3 is 0 Å². The van der Waals surface area contributed by atoms with Gasteiger partial charge in [0.1, 0.15) is 0 Å². The molecular formula is C22H24N2O. The fraction of sp³-hybridized carbons (Fsp3) is 0.318. The standard InChI is InChI=1S/C22H24N2O/c1-2-8-16-13-21(25)24(15-16)22(17-9-4-3-5-10-17)19-14-23-20-12-7-6-11-18(19)20/h3-7,9-12,14,16,22-23H,2,8,13,15H2,1H3. The molecule has 3 aromatic rings. The van der Waals surface area contributed by atoms with Crippen LogP contribution in [-0.2, 0) is 4.79 Å². The number of aromatic nitrogens is 1. The van der Waals surface area contributed by atoms with Crippen LogP contribution in [0.5, 0.6) is 0 Å². The van der Waals surface area contributed by atoms with Crippen molar-refractivity contribution in [3.63, 3.8) is 0 Å². The highest BCUT2D eigenvalue weighted by Crippen LogP contribution is 2.38. The predicted molar refractivity (Wildman–Crippen MR) is 101 cm³/mol. The Kier molecular flexibility index (Phi) is 4.31. The number of likely N-dealkylation sites (tertiary alicyclic amines) is 1. The van der Waals surface area contributed by atoms with E-state index in [4.69, 9.17) is 0 Å². The van der Waals surface area contributed by atoms with Crippen LogP contribution < -0.4 is 0 Å². The fourth-order valence-corrected chi connectivity index (χ4v) is 4.14. The second kappa shape index (κ2) is 6.75. The summed E-state index contributed by atoms with van der Waals surface area (Å²) < 4.78 is 0. The molecule has 0 radical (unpaired) electrons. The summed E-state index contributed by atoms with van der Waals surface area (Å²) in [5.74, 6) is 0.756. The van der Waals surface area contributed by atoms with Crippen LogP contribution >= 0.6 is 0 Å². The maximum atomic E-state index is 12.8. The van der Waals surface area contributed by atoms with E-state index in [9.17, 15) is 4.79 Å². The lowest BCUT2D eigenvalue weighted by Gasteiger charge is -2.29. The summed E-state index contributed by atoms with van der Waals surface area (Å²) in [6, 6.07) is 18.7. The lowest BCUT2D eigenvalue weighted by molar-refractivity contribution is -0.129. The lowest BCUT2D eigenvalue weighted by atomic mass is 9.96. The largest absolute Gasteiger partial charge is 0.361 e. The minimum atomic E-state index is -0.0216. The molecule has 2 atom stereocenters. The molecule has 1 saturated heterocycles. The van der Waals surface area contributed by atoms with Gasteiger partial charge in [0.25, 0.3) is 0 Å². The molecule has 1 aliphatic heterocycles. The quantitative estimate of drug-likeness (QED) is 0.708. The van der Waals surface area contributed by atoms with Gasteiger partial charge in [-0.05, 0) is 24.0 Å². The number of nitrogens with one attached hydrogen (secondary N) is 1. The third-order valence-electron chi connectivity index (χ3n) is 5.28. The van der Waals surface area contributed by atoms with Crippen LogP contribution in [0.15, 0.2) is 60.8 Å². The number of amides is 1. The first-order valence-electron chi connectivity index (χ1n) is 9.18. The zero-order valence-corrected chi connectivity index (χ0v) is 14.6. The number of hydrogen-bond acceptors (Lipinski definition) is 1. The Morgan fingerprint density at radius 2 is 1.88 bits per heavy atom. The molecule has 1 amide bonds. The van der Waals surface area contributed by atoms with Crippen molar-refractivity contribution in [2.24, 2.45) is 5.92 Å². The fourth-order valence-electron chi connectivity index (χ4n) is 4.14. The van der Waals surface area contributed by atoms with E-state index in [1.807, 2.05) is 12.1 Å². The van der Waals surface area contributed by atoms with E-state index < -0.39 is 0 Å².